The molecule has 0 saturated heterocycles. The second-order valence-electron chi connectivity index (χ2n) is 2.94. The first-order chi connectivity index (χ1) is 7.15. The van der Waals surface area contributed by atoms with Gasteiger partial charge < -0.3 is 15.6 Å². The molecule has 90 valence electrons. The van der Waals surface area contributed by atoms with Gasteiger partial charge in [-0.1, -0.05) is 11.6 Å². The van der Waals surface area contributed by atoms with Crippen LogP contribution in [-0.2, 0) is 0 Å². The predicted octanol–water partition coefficient (Wildman–Crippen LogP) is 2.19. The molecular formula is C10H13Cl2NO3. The van der Waals surface area contributed by atoms with E-state index in [1.165, 1.54) is 6.07 Å². The quantitative estimate of drug-likeness (QED) is 0.801. The van der Waals surface area contributed by atoms with Crippen molar-refractivity contribution < 1.29 is 14.6 Å². The summed E-state index contributed by atoms with van der Waals surface area (Å²) in [5.41, 5.74) is 5.37. The Labute approximate surface area is 105 Å². The Bertz CT molecular complexity index is 358. The van der Waals surface area contributed by atoms with Gasteiger partial charge >= 0.3 is 5.97 Å². The molecule has 0 aliphatic rings. The van der Waals surface area contributed by atoms with Crippen LogP contribution in [0.25, 0.3) is 0 Å². The van der Waals surface area contributed by atoms with E-state index in [-0.39, 0.29) is 18.0 Å². The van der Waals surface area contributed by atoms with Crippen molar-refractivity contribution in [2.75, 3.05) is 13.2 Å². The van der Waals surface area contributed by atoms with Crippen LogP contribution in [0.5, 0.6) is 5.75 Å². The van der Waals surface area contributed by atoms with E-state index in [0.717, 1.165) is 0 Å². The third-order valence-electron chi connectivity index (χ3n) is 1.78. The van der Waals surface area contributed by atoms with Crippen LogP contribution in [0.3, 0.4) is 0 Å². The second-order valence-corrected chi connectivity index (χ2v) is 3.37. The zero-order valence-corrected chi connectivity index (χ0v) is 10.1. The van der Waals surface area contributed by atoms with Gasteiger partial charge in [0.2, 0.25) is 0 Å². The number of aromatic carboxylic acids is 1. The molecule has 0 aliphatic heterocycles. The van der Waals surface area contributed by atoms with Gasteiger partial charge in [-0.3, -0.25) is 0 Å². The molecule has 0 aromatic heterocycles. The number of nitrogens with two attached hydrogens (primary N) is 1. The Morgan fingerprint density at radius 3 is 2.75 bits per heavy atom. The number of carboxylic acids is 1. The van der Waals surface area contributed by atoms with E-state index in [1.54, 1.807) is 12.1 Å². The Morgan fingerprint density at radius 1 is 1.50 bits per heavy atom. The molecule has 6 heteroatoms. The number of rotatable bonds is 5. The maximum absolute atomic E-state index is 10.8. The molecule has 3 N–H and O–H groups in total. The molecule has 0 heterocycles. The number of carbonyl (C=O) groups is 1. The van der Waals surface area contributed by atoms with E-state index in [0.29, 0.717) is 30.3 Å². The van der Waals surface area contributed by atoms with Gasteiger partial charge in [-0.05, 0) is 31.2 Å². The van der Waals surface area contributed by atoms with Crippen molar-refractivity contribution in [3.05, 3.63) is 28.8 Å². The van der Waals surface area contributed by atoms with Crippen molar-refractivity contribution in [2.24, 2.45) is 5.73 Å². The molecule has 0 fully saturated rings. The number of carboxylic acid groups (broad SMARTS) is 1. The van der Waals surface area contributed by atoms with Crippen molar-refractivity contribution in [3.63, 3.8) is 0 Å². The maximum Gasteiger partial charge on any atom is 0.339 e. The third kappa shape index (κ3) is 4.26. The summed E-state index contributed by atoms with van der Waals surface area (Å²) in [6, 6.07) is 4.50. The minimum atomic E-state index is -1.06. The van der Waals surface area contributed by atoms with Gasteiger partial charge in [0.1, 0.15) is 11.3 Å². The van der Waals surface area contributed by atoms with Gasteiger partial charge in [-0.2, -0.15) is 0 Å². The molecule has 0 amide bonds. The van der Waals surface area contributed by atoms with Crippen LogP contribution in [0, 0.1) is 0 Å². The van der Waals surface area contributed by atoms with Gasteiger partial charge in [0, 0.05) is 5.02 Å². The molecule has 0 bridgehead atoms. The number of benzene rings is 1. The summed E-state index contributed by atoms with van der Waals surface area (Å²) in [5, 5.41) is 9.26. The fraction of sp³-hybridized carbons (Fsp3) is 0.300. The highest BCUT2D eigenvalue weighted by Gasteiger charge is 2.11. The highest BCUT2D eigenvalue weighted by atomic mass is 35.5. The molecule has 1 aromatic carbocycles. The molecular weight excluding hydrogens is 253 g/mol. The van der Waals surface area contributed by atoms with E-state index in [9.17, 15) is 4.79 Å². The zero-order valence-electron chi connectivity index (χ0n) is 8.48. The lowest BCUT2D eigenvalue weighted by Crippen LogP contribution is -2.08. The molecule has 0 atom stereocenters. The van der Waals surface area contributed by atoms with E-state index >= 15 is 0 Å². The Balaban J connectivity index is 0.00000225. The average Bonchev–Trinajstić information content (AvgIpc) is 2.20. The van der Waals surface area contributed by atoms with E-state index < -0.39 is 5.97 Å². The normalized spacial score (nSPS) is 9.38. The number of hydrogen-bond donors (Lipinski definition) is 2. The third-order valence-corrected chi connectivity index (χ3v) is 2.01. The van der Waals surface area contributed by atoms with Crippen molar-refractivity contribution in [3.8, 4) is 5.75 Å². The first-order valence-electron chi connectivity index (χ1n) is 4.51. The SMILES string of the molecule is Cl.NCCCOc1ccc(Cl)cc1C(=O)O. The van der Waals surface area contributed by atoms with Crippen molar-refractivity contribution in [1.29, 1.82) is 0 Å². The van der Waals surface area contributed by atoms with Gasteiger partial charge in [0.15, 0.2) is 0 Å². The molecule has 0 aliphatic carbocycles. The minimum Gasteiger partial charge on any atom is -0.493 e. The highest BCUT2D eigenvalue weighted by molar-refractivity contribution is 6.31. The second kappa shape index (κ2) is 7.33. The first kappa shape index (κ1) is 15.0. The van der Waals surface area contributed by atoms with E-state index in [1.807, 2.05) is 0 Å². The first-order valence-corrected chi connectivity index (χ1v) is 4.88. The lowest BCUT2D eigenvalue weighted by molar-refractivity contribution is 0.0692. The van der Waals surface area contributed by atoms with Gasteiger partial charge in [0.25, 0.3) is 0 Å². The summed E-state index contributed by atoms with van der Waals surface area (Å²) < 4.78 is 5.27. The van der Waals surface area contributed by atoms with Gasteiger partial charge in [-0.15, -0.1) is 12.4 Å². The van der Waals surface area contributed by atoms with Crippen LogP contribution in [0.2, 0.25) is 5.02 Å². The summed E-state index contributed by atoms with van der Waals surface area (Å²) in [6.45, 7) is 0.911. The standard InChI is InChI=1S/C10H12ClNO3.ClH/c11-7-2-3-9(15-5-1-4-12)8(6-7)10(13)14;/h2-3,6H,1,4-5,12H2,(H,13,14);1H. The van der Waals surface area contributed by atoms with Crippen LogP contribution in [0.1, 0.15) is 16.8 Å². The minimum absolute atomic E-state index is 0. The fourth-order valence-corrected chi connectivity index (χ4v) is 1.23. The molecule has 4 nitrogen and oxygen atoms in total. The number of halogens is 2. The summed E-state index contributed by atoms with van der Waals surface area (Å²) in [6.07, 6.45) is 0.682. The summed E-state index contributed by atoms with van der Waals surface area (Å²) >= 11 is 5.68. The van der Waals surface area contributed by atoms with Crippen molar-refractivity contribution in [2.45, 2.75) is 6.42 Å². The van der Waals surface area contributed by atoms with Gasteiger partial charge in [0.05, 0.1) is 6.61 Å². The maximum atomic E-state index is 10.8. The zero-order chi connectivity index (χ0) is 11.3. The van der Waals surface area contributed by atoms with Crippen molar-refractivity contribution in [1.82, 2.24) is 0 Å². The van der Waals surface area contributed by atoms with E-state index in [4.69, 9.17) is 27.2 Å². The van der Waals surface area contributed by atoms with Crippen molar-refractivity contribution >= 4 is 30.0 Å². The lowest BCUT2D eigenvalue weighted by atomic mass is 10.2. The monoisotopic (exact) mass is 265 g/mol. The van der Waals surface area contributed by atoms with Crippen LogP contribution in [0.15, 0.2) is 18.2 Å². The smallest absolute Gasteiger partial charge is 0.339 e. The highest BCUT2D eigenvalue weighted by Crippen LogP contribution is 2.22. The molecule has 0 unspecified atom stereocenters. The predicted molar refractivity (Wildman–Crippen MR) is 64.8 cm³/mol. The Morgan fingerprint density at radius 2 is 2.19 bits per heavy atom. The largest absolute Gasteiger partial charge is 0.493 e. The van der Waals surface area contributed by atoms with Crippen LogP contribution in [-0.4, -0.2) is 24.2 Å². The molecule has 0 saturated carbocycles. The molecule has 16 heavy (non-hydrogen) atoms. The summed E-state index contributed by atoms with van der Waals surface area (Å²) in [4.78, 5) is 10.8. The number of ether oxygens (including phenoxy) is 1. The molecule has 0 spiro atoms. The molecule has 0 radical (unpaired) electrons. The summed E-state index contributed by atoms with van der Waals surface area (Å²) in [5.74, 6) is -0.736. The van der Waals surface area contributed by atoms with Gasteiger partial charge in [-0.25, -0.2) is 4.79 Å². The molecule has 1 rings (SSSR count). The lowest BCUT2D eigenvalue weighted by Gasteiger charge is -2.08. The summed E-state index contributed by atoms with van der Waals surface area (Å²) in [7, 11) is 0. The average molecular weight is 266 g/mol. The molecule has 1 aromatic rings. The van der Waals surface area contributed by atoms with Crippen LogP contribution >= 0.6 is 24.0 Å². The number of hydrogen-bond acceptors (Lipinski definition) is 3. The van der Waals surface area contributed by atoms with Crippen LogP contribution in [0.4, 0.5) is 0 Å². The Kier molecular flexibility index (Phi) is 6.88. The fourth-order valence-electron chi connectivity index (χ4n) is 1.06. The topological polar surface area (TPSA) is 72.5 Å². The van der Waals surface area contributed by atoms with Crippen LogP contribution < -0.4 is 10.5 Å². The Hall–Kier alpha value is -0.970. The van der Waals surface area contributed by atoms with E-state index in [2.05, 4.69) is 0 Å².